The van der Waals surface area contributed by atoms with Gasteiger partial charge in [0.25, 0.3) is 0 Å². The molecule has 9 aromatic carbocycles. The molecule has 3 aliphatic rings. The monoisotopic (exact) mass is 781 g/mol. The van der Waals surface area contributed by atoms with Crippen molar-refractivity contribution in [1.29, 1.82) is 0 Å². The van der Waals surface area contributed by atoms with Gasteiger partial charge >= 0.3 is 0 Å². The molecule has 1 spiro atoms. The summed E-state index contributed by atoms with van der Waals surface area (Å²) in [6.45, 7) is 3.30. The summed E-state index contributed by atoms with van der Waals surface area (Å²) in [7, 11) is 0. The largest absolute Gasteiger partial charge is 0.310 e. The van der Waals surface area contributed by atoms with Gasteiger partial charge in [0.05, 0.1) is 50.9 Å². The lowest BCUT2D eigenvalue weighted by Gasteiger charge is -2.31. The number of anilines is 3. The van der Waals surface area contributed by atoms with Crippen LogP contribution in [0.25, 0.3) is 55.6 Å². The van der Waals surface area contributed by atoms with Crippen LogP contribution in [0.15, 0.2) is 212 Å². The van der Waals surface area contributed by atoms with E-state index >= 15 is 0 Å². The third-order valence-corrected chi connectivity index (χ3v) is 11.4. The molecule has 1 atom stereocenters. The average molecular weight is 781 g/mol. The zero-order valence-corrected chi connectivity index (χ0v) is 30.9. The fourth-order valence-electron chi connectivity index (χ4n) is 8.82. The summed E-state index contributed by atoms with van der Waals surface area (Å²) in [5, 5.41) is 0. The molecule has 1 heteroatoms. The number of benzene rings is 9. The molecule has 0 amide bonds. The average Bonchev–Trinajstić information content (AvgIpc) is 1.49. The molecular formula is C58H41N. The van der Waals surface area contributed by atoms with Crippen molar-refractivity contribution in [3.05, 3.63) is 245 Å². The van der Waals surface area contributed by atoms with Crippen molar-refractivity contribution < 1.29 is 39.8 Å². The highest BCUT2D eigenvalue weighted by molar-refractivity contribution is 5.97. The highest BCUT2D eigenvalue weighted by Crippen LogP contribution is 2.63. The van der Waals surface area contributed by atoms with Crippen molar-refractivity contribution in [2.75, 3.05) is 4.90 Å². The normalized spacial score (nSPS) is 22.7. The minimum atomic E-state index is -2.50. The van der Waals surface area contributed by atoms with Crippen molar-refractivity contribution in [3.8, 4) is 55.6 Å². The van der Waals surface area contributed by atoms with E-state index in [0.29, 0.717) is 0 Å². The lowest BCUT2D eigenvalue weighted by Crippen LogP contribution is -2.25. The zero-order valence-electron chi connectivity index (χ0n) is 59.9. The summed E-state index contributed by atoms with van der Waals surface area (Å²) in [5.41, 5.74) is -10.7. The molecule has 0 heterocycles. The zero-order chi connectivity index (χ0) is 64.5. The number of para-hydroxylation sites is 1. The van der Waals surface area contributed by atoms with Gasteiger partial charge in [-0.25, -0.2) is 0 Å². The topological polar surface area (TPSA) is 3.24 Å². The van der Waals surface area contributed by atoms with Crippen LogP contribution in [0.5, 0.6) is 0 Å². The molecule has 0 saturated heterocycles. The Morgan fingerprint density at radius 1 is 0.356 bits per heavy atom. The van der Waals surface area contributed by atoms with E-state index in [1.54, 1.807) is 13.8 Å². The van der Waals surface area contributed by atoms with E-state index in [4.69, 9.17) is 20.6 Å². The van der Waals surface area contributed by atoms with Gasteiger partial charge in [0, 0.05) is 22.4 Å². The van der Waals surface area contributed by atoms with Crippen LogP contribution >= 0.6 is 0 Å². The first-order chi connectivity index (χ1) is 41.0. The van der Waals surface area contributed by atoms with Gasteiger partial charge in [-0.05, 0) is 120 Å². The van der Waals surface area contributed by atoms with Gasteiger partial charge in [0.1, 0.15) is 0 Å². The molecule has 9 aromatic rings. The van der Waals surface area contributed by atoms with Crippen LogP contribution in [0.2, 0.25) is 0 Å². The number of hydrogen-bond donors (Lipinski definition) is 0. The first-order valence-electron chi connectivity index (χ1n) is 32.9. The fraction of sp³-hybridized carbons (Fsp3) is 0.0690. The molecular weight excluding hydrogens is 711 g/mol. The number of hydrogen-bond acceptors (Lipinski definition) is 1. The molecule has 3 aliphatic carbocycles. The Morgan fingerprint density at radius 2 is 0.966 bits per heavy atom. The van der Waals surface area contributed by atoms with Crippen LogP contribution in [0.4, 0.5) is 17.1 Å². The molecule has 0 aliphatic heterocycles. The van der Waals surface area contributed by atoms with Gasteiger partial charge in [0.2, 0.25) is 0 Å². The molecule has 278 valence electrons. The minimum Gasteiger partial charge on any atom is -0.310 e. The summed E-state index contributed by atoms with van der Waals surface area (Å²) < 4.78 is 268. The van der Waals surface area contributed by atoms with Crippen molar-refractivity contribution in [2.24, 2.45) is 0 Å². The van der Waals surface area contributed by atoms with Gasteiger partial charge in [0.15, 0.2) is 0 Å². The second-order valence-corrected chi connectivity index (χ2v) is 14.6. The third-order valence-electron chi connectivity index (χ3n) is 11.4. The standard InChI is InChI=1S/C58H41N/c1-57(2)50-26-11-6-22-44(50)48-34-32-42(37-54(48)57)59(56-30-15-10-21-43(56)38-17-4-3-5-18-38)41-20-16-19-39(35-41)40-31-33-49-47-25-9-14-29-53(47)58(55(49)36-40)51-27-12-7-23-45(51)46-24-8-13-28-52(46)58/h3-37H,1-2H3/i3D,4D,5D,6D,7D,8D,9D,10D,11D,12D,13D,14D,15D,16D,17D,19D,20D,21D,23D,24D,25D,26D,27D,29D,30D,31D,33D,34D,35D. The van der Waals surface area contributed by atoms with E-state index in [-0.39, 0.29) is 62.8 Å². The molecule has 0 aromatic heterocycles. The third kappa shape index (κ3) is 4.73. The molecule has 0 radical (unpaired) electrons. The quantitative estimate of drug-likeness (QED) is 0.168. The second kappa shape index (κ2) is 12.6. The fourth-order valence-corrected chi connectivity index (χ4v) is 8.82. The summed E-state index contributed by atoms with van der Waals surface area (Å²) in [6, 6.07) is -15.9. The van der Waals surface area contributed by atoms with Crippen molar-refractivity contribution >= 4 is 17.1 Å². The Balaban J connectivity index is 1.27. The molecule has 12 rings (SSSR count). The lowest BCUT2D eigenvalue weighted by atomic mass is 9.70. The molecule has 59 heavy (non-hydrogen) atoms. The van der Waals surface area contributed by atoms with E-state index in [1.165, 1.54) is 12.1 Å². The SMILES string of the molecule is [2H]c1cc(-c2c([2H])c([2H])c([2H])c([2H])c2N(c2cc([2H])c3c(c2)C(C)(C)c2c-3cc([2H])c([2H])c2[2H])c2c([2H])c([2H])c([2H])c(-c3cc4c(c([2H])c3[2H])-c3c([2H])c([2H])c([2H])c([2H])c3C43c4cc([2H])c([2H])c([2H])c4-c4c([2H])c([2H])c([2H])c([2H])c43)c2[2H])c([2H])c([2H])c1[2H]. The maximum atomic E-state index is 10.4. The Bertz CT molecular complexity index is 4820. The number of nitrogens with zero attached hydrogens (tertiary/aromatic N) is 1. The van der Waals surface area contributed by atoms with Crippen molar-refractivity contribution in [3.63, 3.8) is 0 Å². The van der Waals surface area contributed by atoms with Gasteiger partial charge in [-0.15, -0.1) is 0 Å². The summed E-state index contributed by atoms with van der Waals surface area (Å²) in [6.07, 6.45) is 0. The summed E-state index contributed by atoms with van der Waals surface area (Å²) >= 11 is 0. The van der Waals surface area contributed by atoms with Crippen LogP contribution in [-0.4, -0.2) is 0 Å². The highest BCUT2D eigenvalue weighted by Gasteiger charge is 2.51. The first kappa shape index (κ1) is 15.9. The van der Waals surface area contributed by atoms with Gasteiger partial charge in [-0.1, -0.05) is 189 Å². The highest BCUT2D eigenvalue weighted by atomic mass is 15.1. The number of rotatable bonds is 5. The van der Waals surface area contributed by atoms with Crippen LogP contribution in [0.1, 0.15) is 87.0 Å². The lowest BCUT2D eigenvalue weighted by molar-refractivity contribution is 0.660. The Kier molecular flexibility index (Phi) is 3.40. The van der Waals surface area contributed by atoms with Crippen LogP contribution in [0.3, 0.4) is 0 Å². The van der Waals surface area contributed by atoms with Crippen molar-refractivity contribution in [2.45, 2.75) is 24.7 Å². The maximum absolute atomic E-state index is 10.4. The number of fused-ring (bicyclic) bond motifs is 13. The summed E-state index contributed by atoms with van der Waals surface area (Å²) in [4.78, 5) is 0.870. The second-order valence-electron chi connectivity index (χ2n) is 14.6. The Hall–Kier alpha value is -7.22. The van der Waals surface area contributed by atoms with Crippen LogP contribution < -0.4 is 4.90 Å². The van der Waals surface area contributed by atoms with Crippen LogP contribution in [-0.2, 0) is 10.8 Å². The molecule has 0 N–H and O–H groups in total. The first-order valence-corrected chi connectivity index (χ1v) is 18.4. The van der Waals surface area contributed by atoms with E-state index < -0.39 is 229 Å². The van der Waals surface area contributed by atoms with E-state index in [9.17, 15) is 19.2 Å². The van der Waals surface area contributed by atoms with Gasteiger partial charge < -0.3 is 4.90 Å². The molecule has 1 unspecified atom stereocenters. The molecule has 0 saturated carbocycles. The van der Waals surface area contributed by atoms with E-state index in [0.717, 1.165) is 29.2 Å². The molecule has 1 nitrogen and oxygen atoms in total. The van der Waals surface area contributed by atoms with Crippen LogP contribution in [0, 0.1) is 0 Å². The smallest absolute Gasteiger partial charge is 0.0725 e. The van der Waals surface area contributed by atoms with E-state index in [2.05, 4.69) is 0 Å². The van der Waals surface area contributed by atoms with Gasteiger partial charge in [-0.2, -0.15) is 0 Å². The predicted octanol–water partition coefficient (Wildman–Crippen LogP) is 15.1. The van der Waals surface area contributed by atoms with Gasteiger partial charge in [-0.3, -0.25) is 0 Å². The maximum Gasteiger partial charge on any atom is 0.0725 e. The van der Waals surface area contributed by atoms with E-state index in [1.807, 2.05) is 0 Å². The minimum absolute atomic E-state index is 0.157. The Labute approximate surface area is 387 Å². The molecule has 0 fully saturated rings. The Morgan fingerprint density at radius 3 is 1.80 bits per heavy atom. The summed E-state index contributed by atoms with van der Waals surface area (Å²) in [5.74, 6) is 0. The van der Waals surface area contributed by atoms with Crippen molar-refractivity contribution in [1.82, 2.24) is 0 Å². The molecule has 0 bridgehead atoms. The predicted molar refractivity (Wildman–Crippen MR) is 246 cm³/mol.